The van der Waals surface area contributed by atoms with Gasteiger partial charge >= 0.3 is 45.1 Å². The predicted octanol–water partition coefficient (Wildman–Crippen LogP) is 2.94. The third kappa shape index (κ3) is 3.82. The lowest BCUT2D eigenvalue weighted by atomic mass is 9.97. The van der Waals surface area contributed by atoms with Gasteiger partial charge in [-0.15, -0.1) is 3.89 Å². The number of Topliss-reactive ketones (excluding diaryl/α,β-unsaturated/α-hetero) is 1. The lowest BCUT2D eigenvalue weighted by molar-refractivity contribution is -0.388. The Labute approximate surface area is 142 Å². The van der Waals surface area contributed by atoms with Crippen LogP contribution >= 0.6 is 0 Å². The number of ether oxygens (including phenoxy) is 1. The topological polar surface area (TPSA) is 77.5 Å². The molecule has 0 heterocycles. The van der Waals surface area contributed by atoms with E-state index in [-0.39, 0.29) is 0 Å². The quantitative estimate of drug-likeness (QED) is 0.259. The summed E-state index contributed by atoms with van der Waals surface area (Å²) >= 11 is 0. The van der Waals surface area contributed by atoms with Crippen LogP contribution in [0.4, 0.5) is 47.8 Å². The normalized spacial score (nSPS) is 16.8. The molecule has 0 rings (SSSR count). The minimum atomic E-state index is -7.82. The molecule has 0 bridgehead atoms. The molecule has 0 aromatic carbocycles. The number of hydrogen-bond acceptors (Lipinski definition) is 5. The van der Waals surface area contributed by atoms with Crippen LogP contribution < -0.4 is 0 Å². The molecular formula is C10H7F11O5S. The van der Waals surface area contributed by atoms with Gasteiger partial charge in [0.15, 0.2) is 0 Å². The average Bonchev–Trinajstić information content (AvgIpc) is 2.41. The fourth-order valence-corrected chi connectivity index (χ4v) is 1.91. The van der Waals surface area contributed by atoms with Gasteiger partial charge in [0, 0.05) is 0 Å². The molecule has 1 unspecified atom stereocenters. The summed E-state index contributed by atoms with van der Waals surface area (Å²) in [6.07, 6.45) is -9.13. The maximum atomic E-state index is 14.0. The molecular weight excluding hydrogens is 441 g/mol. The Hall–Kier alpha value is -1.68. The Bertz CT molecular complexity index is 712. The number of esters is 1. The first-order chi connectivity index (χ1) is 11.5. The van der Waals surface area contributed by atoms with Crippen molar-refractivity contribution in [2.24, 2.45) is 0 Å². The SMILES string of the molecule is CC(C)OC(=O)C(F)(C(=O)C(F)(F)C(F)(F)C(F)(F)C(F)(F)F)S(=O)(=O)F. The van der Waals surface area contributed by atoms with Crippen LogP contribution in [0.5, 0.6) is 0 Å². The fourth-order valence-electron chi connectivity index (χ4n) is 1.31. The third-order valence-corrected chi connectivity index (χ3v) is 3.69. The molecule has 27 heavy (non-hydrogen) atoms. The van der Waals surface area contributed by atoms with E-state index in [2.05, 4.69) is 4.74 Å². The maximum absolute atomic E-state index is 14.0. The summed E-state index contributed by atoms with van der Waals surface area (Å²) in [4.78, 5) is 22.3. The third-order valence-electron chi connectivity index (χ3n) is 2.66. The van der Waals surface area contributed by atoms with Gasteiger partial charge in [-0.05, 0) is 13.8 Å². The number of hydrogen-bond donors (Lipinski definition) is 0. The number of rotatable bonds is 7. The lowest BCUT2D eigenvalue weighted by Crippen LogP contribution is -2.68. The Balaban J connectivity index is 6.63. The number of ketones is 1. The number of halogens is 11. The minimum absolute atomic E-state index is 0.734. The Morgan fingerprint density at radius 1 is 0.815 bits per heavy atom. The van der Waals surface area contributed by atoms with Crippen molar-refractivity contribution < 1.29 is 70.5 Å². The first-order valence-corrected chi connectivity index (χ1v) is 7.47. The molecule has 0 aliphatic rings. The van der Waals surface area contributed by atoms with Crippen LogP contribution in [-0.4, -0.2) is 55.2 Å². The van der Waals surface area contributed by atoms with Gasteiger partial charge < -0.3 is 4.74 Å². The van der Waals surface area contributed by atoms with Crippen molar-refractivity contribution in [3.05, 3.63) is 0 Å². The number of carbonyl (C=O) groups is 2. The fraction of sp³-hybridized carbons (Fsp3) is 0.800. The van der Waals surface area contributed by atoms with E-state index >= 15 is 0 Å². The summed E-state index contributed by atoms with van der Waals surface area (Å²) in [5.41, 5.74) is 0. The molecule has 0 aliphatic carbocycles. The Kier molecular flexibility index (Phi) is 6.31. The summed E-state index contributed by atoms with van der Waals surface area (Å²) in [6, 6.07) is 0. The van der Waals surface area contributed by atoms with Crippen molar-refractivity contribution in [1.29, 1.82) is 0 Å². The van der Waals surface area contributed by atoms with Crippen LogP contribution in [0.2, 0.25) is 0 Å². The molecule has 0 aromatic rings. The first-order valence-electron chi connectivity index (χ1n) is 6.08. The zero-order valence-electron chi connectivity index (χ0n) is 12.7. The highest BCUT2D eigenvalue weighted by Crippen LogP contribution is 2.54. The molecule has 0 aromatic heterocycles. The number of carbonyl (C=O) groups excluding carboxylic acids is 2. The lowest BCUT2D eigenvalue weighted by Gasteiger charge is -2.34. The molecule has 160 valence electrons. The monoisotopic (exact) mass is 448 g/mol. The summed E-state index contributed by atoms with van der Waals surface area (Å²) in [6.45, 7) is 1.47. The van der Waals surface area contributed by atoms with Crippen molar-refractivity contribution in [1.82, 2.24) is 0 Å². The van der Waals surface area contributed by atoms with Crippen LogP contribution in [0.25, 0.3) is 0 Å². The minimum Gasteiger partial charge on any atom is -0.459 e. The number of alkyl halides is 10. The standard InChI is InChI=1S/C10H7F11O5S/c1-3(2)26-5(23)6(11,27(21,24)25)4(22)7(12,13)8(14,15)9(16,17)10(18,19)20/h3H,1-2H3. The van der Waals surface area contributed by atoms with Gasteiger partial charge in [-0.1, -0.05) is 0 Å². The highest BCUT2D eigenvalue weighted by atomic mass is 32.3. The second kappa shape index (κ2) is 6.73. The van der Waals surface area contributed by atoms with Crippen molar-refractivity contribution in [3.8, 4) is 0 Å². The van der Waals surface area contributed by atoms with Crippen molar-refractivity contribution >= 4 is 22.0 Å². The van der Waals surface area contributed by atoms with Crippen molar-refractivity contribution in [3.63, 3.8) is 0 Å². The summed E-state index contributed by atoms with van der Waals surface area (Å²) in [5, 5.41) is -6.36. The zero-order chi connectivity index (χ0) is 22.4. The van der Waals surface area contributed by atoms with Gasteiger partial charge in [-0.25, -0.2) is 9.18 Å². The van der Waals surface area contributed by atoms with E-state index in [0.717, 1.165) is 13.8 Å². The van der Waals surface area contributed by atoms with Crippen molar-refractivity contribution in [2.45, 2.75) is 48.9 Å². The van der Waals surface area contributed by atoms with E-state index in [1.165, 1.54) is 0 Å². The molecule has 0 amide bonds. The molecule has 1 atom stereocenters. The highest BCUT2D eigenvalue weighted by molar-refractivity contribution is 7.89. The van der Waals surface area contributed by atoms with Gasteiger partial charge in [0.2, 0.25) is 0 Å². The first kappa shape index (κ1) is 25.3. The molecule has 0 saturated heterocycles. The van der Waals surface area contributed by atoms with Crippen LogP contribution in [0.15, 0.2) is 0 Å². The predicted molar refractivity (Wildman–Crippen MR) is 61.0 cm³/mol. The van der Waals surface area contributed by atoms with Crippen LogP contribution in [0, 0.1) is 0 Å². The van der Waals surface area contributed by atoms with E-state index < -0.39 is 57.0 Å². The van der Waals surface area contributed by atoms with E-state index in [0.29, 0.717) is 0 Å². The largest absolute Gasteiger partial charge is 0.460 e. The van der Waals surface area contributed by atoms with E-state index in [9.17, 15) is 65.8 Å². The summed E-state index contributed by atoms with van der Waals surface area (Å²) in [5.74, 6) is -31.2. The molecule has 5 nitrogen and oxygen atoms in total. The van der Waals surface area contributed by atoms with E-state index in [4.69, 9.17) is 0 Å². The average molecular weight is 448 g/mol. The second-order valence-corrected chi connectivity index (χ2v) is 6.48. The smallest absolute Gasteiger partial charge is 0.459 e. The second-order valence-electron chi connectivity index (χ2n) is 5.04. The van der Waals surface area contributed by atoms with Crippen LogP contribution in [0.1, 0.15) is 13.8 Å². The van der Waals surface area contributed by atoms with E-state index in [1.54, 1.807) is 0 Å². The van der Waals surface area contributed by atoms with Gasteiger partial charge in [-0.3, -0.25) is 4.79 Å². The molecule has 0 aliphatic heterocycles. The van der Waals surface area contributed by atoms with Gasteiger partial charge in [0.1, 0.15) is 0 Å². The van der Waals surface area contributed by atoms with E-state index in [1.807, 2.05) is 0 Å². The zero-order valence-corrected chi connectivity index (χ0v) is 13.5. The molecule has 0 fully saturated rings. The van der Waals surface area contributed by atoms with Crippen molar-refractivity contribution in [2.75, 3.05) is 0 Å². The van der Waals surface area contributed by atoms with Gasteiger partial charge in [0.05, 0.1) is 6.10 Å². The molecule has 17 heteroatoms. The maximum Gasteiger partial charge on any atom is 0.460 e. The molecule has 0 saturated carbocycles. The summed E-state index contributed by atoms with van der Waals surface area (Å²) in [7, 11) is -7.56. The highest BCUT2D eigenvalue weighted by Gasteiger charge is 2.86. The van der Waals surface area contributed by atoms with Gasteiger partial charge in [-0.2, -0.15) is 47.9 Å². The molecule has 0 N–H and O–H groups in total. The summed E-state index contributed by atoms with van der Waals surface area (Å²) < 4.78 is 166. The molecule has 0 spiro atoms. The Morgan fingerprint density at radius 2 is 1.19 bits per heavy atom. The molecule has 0 radical (unpaired) electrons. The van der Waals surface area contributed by atoms with Crippen LogP contribution in [-0.2, 0) is 24.5 Å². The van der Waals surface area contributed by atoms with Crippen LogP contribution in [0.3, 0.4) is 0 Å². The Morgan fingerprint density at radius 3 is 1.44 bits per heavy atom. The van der Waals surface area contributed by atoms with Gasteiger partial charge in [0.25, 0.3) is 5.78 Å².